The highest BCUT2D eigenvalue weighted by molar-refractivity contribution is 14.1. The van der Waals surface area contributed by atoms with Crippen LogP contribution < -0.4 is 5.73 Å². The van der Waals surface area contributed by atoms with Gasteiger partial charge in [-0.15, -0.1) is 0 Å². The minimum absolute atomic E-state index is 0.635. The van der Waals surface area contributed by atoms with Crippen molar-refractivity contribution in [3.8, 4) is 0 Å². The van der Waals surface area contributed by atoms with Gasteiger partial charge in [0.1, 0.15) is 0 Å². The largest absolute Gasteiger partial charge is 0.397 e. The monoisotopic (exact) mass is 379 g/mol. The zero-order valence-corrected chi connectivity index (χ0v) is 9.94. The van der Waals surface area contributed by atoms with Crippen LogP contribution in [0.3, 0.4) is 0 Å². The van der Waals surface area contributed by atoms with E-state index in [9.17, 15) is 0 Å². The number of benzene rings is 1. The number of rotatable bonds is 0. The number of nitrogens with two attached hydrogens (primary N) is 1. The Balaban J connectivity index is 3.31. The first kappa shape index (κ1) is 8.86. The summed E-state index contributed by atoms with van der Waals surface area (Å²) in [6.45, 7) is 0. The standard InChI is InChI=1S/C6H4ClI2N/c7-4-1-3(8)2-5(9)6(4)10/h1-2H,10H2. The van der Waals surface area contributed by atoms with E-state index in [2.05, 4.69) is 45.2 Å². The molecule has 0 aromatic heterocycles. The first-order valence-corrected chi connectivity index (χ1v) is 5.05. The second-order valence-electron chi connectivity index (χ2n) is 1.78. The summed E-state index contributed by atoms with van der Waals surface area (Å²) in [5.41, 5.74) is 6.28. The van der Waals surface area contributed by atoms with Crippen LogP contribution >= 0.6 is 56.8 Å². The lowest BCUT2D eigenvalue weighted by Gasteiger charge is -2.00. The number of anilines is 1. The minimum Gasteiger partial charge on any atom is -0.397 e. The quantitative estimate of drug-likeness (QED) is 0.544. The summed E-state index contributed by atoms with van der Waals surface area (Å²) in [4.78, 5) is 0. The molecule has 0 heterocycles. The Kier molecular flexibility index (Phi) is 3.05. The summed E-state index contributed by atoms with van der Waals surface area (Å²) in [5.74, 6) is 0. The predicted octanol–water partition coefficient (Wildman–Crippen LogP) is 3.13. The van der Waals surface area contributed by atoms with Gasteiger partial charge in [-0.25, -0.2) is 0 Å². The number of hydrogen-bond acceptors (Lipinski definition) is 1. The highest BCUT2D eigenvalue weighted by Crippen LogP contribution is 2.26. The Labute approximate surface area is 91.6 Å². The van der Waals surface area contributed by atoms with Gasteiger partial charge < -0.3 is 5.73 Å². The Morgan fingerprint density at radius 1 is 1.30 bits per heavy atom. The van der Waals surface area contributed by atoms with E-state index in [1.807, 2.05) is 12.1 Å². The number of nitrogen functional groups attached to an aromatic ring is 1. The summed E-state index contributed by atoms with van der Waals surface area (Å²) >= 11 is 10.1. The molecule has 1 aromatic carbocycles. The van der Waals surface area contributed by atoms with E-state index in [4.69, 9.17) is 17.3 Å². The molecule has 0 aliphatic heterocycles. The zero-order valence-electron chi connectivity index (χ0n) is 4.87. The van der Waals surface area contributed by atoms with Crippen LogP contribution in [0.25, 0.3) is 0 Å². The lowest BCUT2D eigenvalue weighted by atomic mass is 10.3. The molecule has 0 saturated carbocycles. The average Bonchev–Trinajstić information content (AvgIpc) is 1.82. The molecule has 0 saturated heterocycles. The molecule has 0 aliphatic carbocycles. The van der Waals surface area contributed by atoms with E-state index in [-0.39, 0.29) is 0 Å². The van der Waals surface area contributed by atoms with Crippen LogP contribution in [0.2, 0.25) is 5.02 Å². The molecule has 0 spiro atoms. The van der Waals surface area contributed by atoms with Gasteiger partial charge >= 0.3 is 0 Å². The summed E-state index contributed by atoms with van der Waals surface area (Å²) in [6.07, 6.45) is 0. The molecule has 4 heteroatoms. The van der Waals surface area contributed by atoms with E-state index in [1.54, 1.807) is 0 Å². The van der Waals surface area contributed by atoms with E-state index in [1.165, 1.54) is 0 Å². The summed E-state index contributed by atoms with van der Waals surface area (Å²) in [5, 5.41) is 0.635. The van der Waals surface area contributed by atoms with Crippen LogP contribution in [0.5, 0.6) is 0 Å². The third-order valence-corrected chi connectivity index (χ3v) is 2.87. The molecular weight excluding hydrogens is 375 g/mol. The fourth-order valence-electron chi connectivity index (χ4n) is 0.553. The van der Waals surface area contributed by atoms with Gasteiger partial charge in [-0.1, -0.05) is 11.6 Å². The van der Waals surface area contributed by atoms with Gasteiger partial charge in [0.05, 0.1) is 10.7 Å². The van der Waals surface area contributed by atoms with Crippen molar-refractivity contribution in [1.82, 2.24) is 0 Å². The Morgan fingerprint density at radius 3 is 2.40 bits per heavy atom. The summed E-state index contributed by atoms with van der Waals surface area (Å²) in [6, 6.07) is 3.84. The lowest BCUT2D eigenvalue weighted by molar-refractivity contribution is 1.58. The van der Waals surface area contributed by atoms with E-state index in [0.29, 0.717) is 10.7 Å². The topological polar surface area (TPSA) is 26.0 Å². The van der Waals surface area contributed by atoms with Crippen LogP contribution in [0.1, 0.15) is 0 Å². The second kappa shape index (κ2) is 3.44. The number of halogens is 3. The van der Waals surface area contributed by atoms with E-state index < -0.39 is 0 Å². The summed E-state index contributed by atoms with van der Waals surface area (Å²) in [7, 11) is 0. The predicted molar refractivity (Wildman–Crippen MR) is 61.3 cm³/mol. The molecule has 0 unspecified atom stereocenters. The van der Waals surface area contributed by atoms with E-state index >= 15 is 0 Å². The third-order valence-electron chi connectivity index (χ3n) is 1.04. The maximum atomic E-state index is 5.78. The molecule has 0 fully saturated rings. The second-order valence-corrected chi connectivity index (χ2v) is 4.60. The van der Waals surface area contributed by atoms with Crippen LogP contribution in [-0.2, 0) is 0 Å². The van der Waals surface area contributed by atoms with Crippen molar-refractivity contribution in [2.24, 2.45) is 0 Å². The first-order chi connectivity index (χ1) is 4.61. The van der Waals surface area contributed by atoms with Crippen molar-refractivity contribution >= 4 is 62.5 Å². The maximum Gasteiger partial charge on any atom is 0.0656 e. The molecule has 1 aromatic rings. The SMILES string of the molecule is Nc1c(Cl)cc(I)cc1I. The summed E-state index contributed by atoms with van der Waals surface area (Å²) < 4.78 is 2.12. The molecule has 0 amide bonds. The van der Waals surface area contributed by atoms with Gasteiger partial charge in [0.15, 0.2) is 0 Å². The van der Waals surface area contributed by atoms with Gasteiger partial charge in [0.2, 0.25) is 0 Å². The molecule has 0 aliphatic rings. The molecule has 0 bridgehead atoms. The fourth-order valence-corrected chi connectivity index (χ4v) is 2.96. The maximum absolute atomic E-state index is 5.78. The van der Waals surface area contributed by atoms with Gasteiger partial charge in [0.25, 0.3) is 0 Å². The first-order valence-electron chi connectivity index (χ1n) is 2.51. The number of hydrogen-bond donors (Lipinski definition) is 1. The molecule has 1 nitrogen and oxygen atoms in total. The molecule has 1 rings (SSSR count). The van der Waals surface area contributed by atoms with Crippen LogP contribution in [-0.4, -0.2) is 0 Å². The fraction of sp³-hybridized carbons (Fsp3) is 0. The van der Waals surface area contributed by atoms with Crippen molar-refractivity contribution in [3.63, 3.8) is 0 Å². The van der Waals surface area contributed by atoms with Crippen molar-refractivity contribution in [2.75, 3.05) is 5.73 Å². The molecule has 0 atom stereocenters. The van der Waals surface area contributed by atoms with Gasteiger partial charge in [-0.3, -0.25) is 0 Å². The van der Waals surface area contributed by atoms with Gasteiger partial charge in [-0.2, -0.15) is 0 Å². The third kappa shape index (κ3) is 1.88. The van der Waals surface area contributed by atoms with Crippen LogP contribution in [0.15, 0.2) is 12.1 Å². The van der Waals surface area contributed by atoms with Gasteiger partial charge in [0, 0.05) is 7.14 Å². The Hall–Kier alpha value is 0.770. The minimum atomic E-state index is 0.635. The smallest absolute Gasteiger partial charge is 0.0656 e. The molecular formula is C6H4ClI2N. The molecule has 2 N–H and O–H groups in total. The van der Waals surface area contributed by atoms with Crippen molar-refractivity contribution < 1.29 is 0 Å². The van der Waals surface area contributed by atoms with E-state index in [0.717, 1.165) is 7.14 Å². The van der Waals surface area contributed by atoms with Crippen molar-refractivity contribution in [1.29, 1.82) is 0 Å². The highest BCUT2D eigenvalue weighted by atomic mass is 127. The normalized spacial score (nSPS) is 9.90. The molecule has 0 radical (unpaired) electrons. The van der Waals surface area contributed by atoms with Crippen LogP contribution in [0.4, 0.5) is 5.69 Å². The zero-order chi connectivity index (χ0) is 7.72. The lowest BCUT2D eigenvalue weighted by Crippen LogP contribution is -1.90. The van der Waals surface area contributed by atoms with Crippen molar-refractivity contribution in [3.05, 3.63) is 24.3 Å². The van der Waals surface area contributed by atoms with Crippen molar-refractivity contribution in [2.45, 2.75) is 0 Å². The highest BCUT2D eigenvalue weighted by Gasteiger charge is 2.01. The average molecular weight is 379 g/mol. The molecule has 54 valence electrons. The molecule has 10 heavy (non-hydrogen) atoms. The van der Waals surface area contributed by atoms with Crippen LogP contribution in [0, 0.1) is 7.14 Å². The Bertz CT molecular complexity index is 239. The van der Waals surface area contributed by atoms with Gasteiger partial charge in [-0.05, 0) is 57.3 Å². The Morgan fingerprint density at radius 2 is 1.90 bits per heavy atom.